The van der Waals surface area contributed by atoms with E-state index >= 15 is 0 Å². The monoisotopic (exact) mass is 152 g/mol. The molecule has 0 amide bonds. The lowest BCUT2D eigenvalue weighted by molar-refractivity contribution is 0.453. The molecule has 11 heavy (non-hydrogen) atoms. The summed E-state index contributed by atoms with van der Waals surface area (Å²) in [6, 6.07) is 0. The van der Waals surface area contributed by atoms with E-state index in [0.29, 0.717) is 5.92 Å². The third kappa shape index (κ3) is 4.83. The molecular weight excluding hydrogens is 132 g/mol. The van der Waals surface area contributed by atoms with Gasteiger partial charge in [-0.05, 0) is 25.2 Å². The lowest BCUT2D eigenvalue weighted by Gasteiger charge is -2.13. The van der Waals surface area contributed by atoms with Gasteiger partial charge in [0.2, 0.25) is 0 Å². The van der Waals surface area contributed by atoms with Gasteiger partial charge in [-0.2, -0.15) is 0 Å². The van der Waals surface area contributed by atoms with Crippen LogP contribution in [0.2, 0.25) is 0 Å². The van der Waals surface area contributed by atoms with Crippen LogP contribution in [0.5, 0.6) is 0 Å². The zero-order chi connectivity index (χ0) is 8.85. The van der Waals surface area contributed by atoms with Crippen LogP contribution in [0.4, 0.5) is 0 Å². The molecule has 0 aliphatic heterocycles. The predicted molar refractivity (Wildman–Crippen MR) is 52.6 cm³/mol. The third-order valence-electron chi connectivity index (χ3n) is 1.96. The summed E-state index contributed by atoms with van der Waals surface area (Å²) in [5.41, 5.74) is 1.14. The molecule has 1 unspecified atom stereocenters. The maximum atomic E-state index is 3.83. The van der Waals surface area contributed by atoms with Gasteiger partial charge in [0.1, 0.15) is 0 Å². The summed E-state index contributed by atoms with van der Waals surface area (Å²) in [7, 11) is 0. The lowest BCUT2D eigenvalue weighted by atomic mass is 9.92. The van der Waals surface area contributed by atoms with Crippen LogP contribution in [-0.4, -0.2) is 0 Å². The fourth-order valence-corrected chi connectivity index (χ4v) is 1.12. The molecule has 64 valence electrons. The van der Waals surface area contributed by atoms with Gasteiger partial charge >= 0.3 is 0 Å². The van der Waals surface area contributed by atoms with E-state index in [1.807, 2.05) is 6.92 Å². The molecule has 0 rings (SSSR count). The molecular formula is C11H20. The van der Waals surface area contributed by atoms with E-state index in [1.54, 1.807) is 0 Å². The quantitative estimate of drug-likeness (QED) is 0.537. The highest BCUT2D eigenvalue weighted by Gasteiger charge is 2.05. The smallest absolute Gasteiger partial charge is 0.0210 e. The lowest BCUT2D eigenvalue weighted by Crippen LogP contribution is -2.03. The van der Waals surface area contributed by atoms with Crippen LogP contribution >= 0.6 is 0 Å². The Bertz CT molecular complexity index is 140. The first kappa shape index (κ1) is 10.5. The Morgan fingerprint density at radius 1 is 1.45 bits per heavy atom. The van der Waals surface area contributed by atoms with Crippen molar-refractivity contribution in [3.63, 3.8) is 0 Å². The number of hydrogen-bond donors (Lipinski definition) is 0. The fourth-order valence-electron chi connectivity index (χ4n) is 1.12. The van der Waals surface area contributed by atoms with E-state index in [9.17, 15) is 0 Å². The summed E-state index contributed by atoms with van der Waals surface area (Å²) in [5, 5.41) is 0. The Morgan fingerprint density at radius 3 is 2.27 bits per heavy atom. The van der Waals surface area contributed by atoms with Crippen molar-refractivity contribution in [3.05, 3.63) is 24.3 Å². The highest BCUT2D eigenvalue weighted by Crippen LogP contribution is 2.16. The average Bonchev–Trinajstić information content (AvgIpc) is 1.87. The first-order valence-electron chi connectivity index (χ1n) is 4.41. The summed E-state index contributed by atoms with van der Waals surface area (Å²) >= 11 is 0. The molecule has 0 aromatic heterocycles. The van der Waals surface area contributed by atoms with Crippen molar-refractivity contribution in [2.45, 2.75) is 34.1 Å². The summed E-state index contributed by atoms with van der Waals surface area (Å²) < 4.78 is 0. The van der Waals surface area contributed by atoms with Gasteiger partial charge in [0.25, 0.3) is 0 Å². The SMILES string of the molecule is C=C(C)/C=C\C(CC)C(C)C. The molecule has 0 N–H and O–H groups in total. The van der Waals surface area contributed by atoms with E-state index < -0.39 is 0 Å². The van der Waals surface area contributed by atoms with Gasteiger partial charge in [-0.1, -0.05) is 45.1 Å². The average molecular weight is 152 g/mol. The summed E-state index contributed by atoms with van der Waals surface area (Å²) in [5.74, 6) is 1.46. The molecule has 0 fully saturated rings. The Balaban J connectivity index is 3.97. The zero-order valence-electron chi connectivity index (χ0n) is 8.22. The first-order chi connectivity index (χ1) is 5.07. The summed E-state index contributed by atoms with van der Waals surface area (Å²) in [6.07, 6.45) is 5.61. The second-order valence-electron chi connectivity index (χ2n) is 3.52. The molecule has 0 aromatic rings. The van der Waals surface area contributed by atoms with Gasteiger partial charge in [-0.3, -0.25) is 0 Å². The number of rotatable bonds is 4. The molecule has 0 saturated heterocycles. The molecule has 0 spiro atoms. The van der Waals surface area contributed by atoms with Crippen molar-refractivity contribution in [1.82, 2.24) is 0 Å². The summed E-state index contributed by atoms with van der Waals surface area (Å²) in [6.45, 7) is 12.6. The maximum Gasteiger partial charge on any atom is -0.0210 e. The van der Waals surface area contributed by atoms with E-state index in [0.717, 1.165) is 11.5 Å². The fraction of sp³-hybridized carbons (Fsp3) is 0.636. The van der Waals surface area contributed by atoms with E-state index in [-0.39, 0.29) is 0 Å². The second kappa shape index (κ2) is 5.17. The van der Waals surface area contributed by atoms with Crippen LogP contribution in [0.3, 0.4) is 0 Å². The highest BCUT2D eigenvalue weighted by atomic mass is 14.1. The van der Waals surface area contributed by atoms with Crippen molar-refractivity contribution in [3.8, 4) is 0 Å². The number of allylic oxidation sites excluding steroid dienone is 3. The normalized spacial score (nSPS) is 14.3. The molecule has 0 heterocycles. The van der Waals surface area contributed by atoms with Crippen LogP contribution in [-0.2, 0) is 0 Å². The zero-order valence-corrected chi connectivity index (χ0v) is 8.22. The molecule has 0 saturated carbocycles. The summed E-state index contributed by atoms with van der Waals surface area (Å²) in [4.78, 5) is 0. The van der Waals surface area contributed by atoms with Crippen LogP contribution in [0.15, 0.2) is 24.3 Å². The minimum Gasteiger partial charge on any atom is -0.0961 e. The second-order valence-corrected chi connectivity index (χ2v) is 3.52. The van der Waals surface area contributed by atoms with Crippen LogP contribution in [0.25, 0.3) is 0 Å². The highest BCUT2D eigenvalue weighted by molar-refractivity contribution is 5.12. The van der Waals surface area contributed by atoms with Crippen molar-refractivity contribution in [1.29, 1.82) is 0 Å². The van der Waals surface area contributed by atoms with Crippen LogP contribution < -0.4 is 0 Å². The Hall–Kier alpha value is -0.520. The predicted octanol–water partition coefficient (Wildman–Crippen LogP) is 3.80. The van der Waals surface area contributed by atoms with E-state index in [2.05, 4.69) is 39.5 Å². The van der Waals surface area contributed by atoms with E-state index in [4.69, 9.17) is 0 Å². The van der Waals surface area contributed by atoms with Crippen molar-refractivity contribution in [2.24, 2.45) is 11.8 Å². The number of hydrogen-bond acceptors (Lipinski definition) is 0. The van der Waals surface area contributed by atoms with Gasteiger partial charge in [0.05, 0.1) is 0 Å². The molecule has 1 atom stereocenters. The van der Waals surface area contributed by atoms with Gasteiger partial charge in [0, 0.05) is 0 Å². The van der Waals surface area contributed by atoms with Crippen LogP contribution in [0.1, 0.15) is 34.1 Å². The third-order valence-corrected chi connectivity index (χ3v) is 1.96. The van der Waals surface area contributed by atoms with Crippen LogP contribution in [0, 0.1) is 11.8 Å². The van der Waals surface area contributed by atoms with Crippen molar-refractivity contribution in [2.75, 3.05) is 0 Å². The van der Waals surface area contributed by atoms with Gasteiger partial charge in [0.15, 0.2) is 0 Å². The molecule has 0 aliphatic rings. The van der Waals surface area contributed by atoms with Gasteiger partial charge in [-0.25, -0.2) is 0 Å². The van der Waals surface area contributed by atoms with Gasteiger partial charge < -0.3 is 0 Å². The minimum absolute atomic E-state index is 0.715. The standard InChI is InChI=1S/C11H20/c1-6-11(10(4)5)8-7-9(2)3/h7-8,10-11H,2,6H2,1,3-5H3/b8-7-. The molecule has 0 radical (unpaired) electrons. The molecule has 0 aliphatic carbocycles. The molecule has 0 heteroatoms. The molecule has 0 nitrogen and oxygen atoms in total. The van der Waals surface area contributed by atoms with Gasteiger partial charge in [-0.15, -0.1) is 0 Å². The van der Waals surface area contributed by atoms with Crippen molar-refractivity contribution < 1.29 is 0 Å². The largest absolute Gasteiger partial charge is 0.0961 e. The van der Waals surface area contributed by atoms with E-state index in [1.165, 1.54) is 6.42 Å². The topological polar surface area (TPSA) is 0 Å². The molecule has 0 bridgehead atoms. The Labute approximate surface area is 71.0 Å². The Morgan fingerprint density at radius 2 is 2.00 bits per heavy atom. The maximum absolute atomic E-state index is 3.83. The molecule has 0 aromatic carbocycles. The Kier molecular flexibility index (Phi) is 4.93. The first-order valence-corrected chi connectivity index (χ1v) is 4.41. The van der Waals surface area contributed by atoms with Crippen molar-refractivity contribution >= 4 is 0 Å². The minimum atomic E-state index is 0.715.